The lowest BCUT2D eigenvalue weighted by atomic mass is 10.0. The molecule has 1 N–H and O–H groups in total. The molecule has 0 bridgehead atoms. The van der Waals surface area contributed by atoms with Crippen LogP contribution in [0.1, 0.15) is 25.0 Å². The van der Waals surface area contributed by atoms with Gasteiger partial charge in [0.1, 0.15) is 5.75 Å². The summed E-state index contributed by atoms with van der Waals surface area (Å²) in [4.78, 5) is 11.2. The highest BCUT2D eigenvalue weighted by atomic mass is 79.9. The van der Waals surface area contributed by atoms with Gasteiger partial charge in [0.25, 0.3) is 0 Å². The number of hydrogen-bond acceptors (Lipinski definition) is 3. The molecule has 5 heteroatoms. The first-order chi connectivity index (χ1) is 8.97. The van der Waals surface area contributed by atoms with Crippen molar-refractivity contribution in [3.63, 3.8) is 0 Å². The van der Waals surface area contributed by atoms with Crippen molar-refractivity contribution in [3.8, 4) is 5.75 Å². The quantitative estimate of drug-likeness (QED) is 0.781. The van der Waals surface area contributed by atoms with E-state index in [1.54, 1.807) is 7.11 Å². The molecule has 0 aliphatic carbocycles. The number of hydrogen-bond donors (Lipinski definition) is 1. The molecule has 0 aliphatic heterocycles. The van der Waals surface area contributed by atoms with Crippen molar-refractivity contribution >= 4 is 21.9 Å². The van der Waals surface area contributed by atoms with Crippen molar-refractivity contribution in [2.75, 3.05) is 7.11 Å². The summed E-state index contributed by atoms with van der Waals surface area (Å²) in [6.45, 7) is 3.65. The number of carbonyl (C=O) groups is 1. The average Bonchev–Trinajstić information content (AvgIpc) is 2.37. The molecule has 1 aromatic carbocycles. The second-order valence-electron chi connectivity index (χ2n) is 4.50. The topological polar surface area (TPSA) is 55.8 Å². The van der Waals surface area contributed by atoms with Crippen LogP contribution in [0.4, 0.5) is 0 Å². The van der Waals surface area contributed by atoms with Gasteiger partial charge in [-0.1, -0.05) is 28.1 Å². The van der Waals surface area contributed by atoms with Gasteiger partial charge in [-0.15, -0.1) is 0 Å². The summed E-state index contributed by atoms with van der Waals surface area (Å²) in [5, 5.41) is 9.81. The fourth-order valence-corrected chi connectivity index (χ4v) is 2.24. The van der Waals surface area contributed by atoms with E-state index in [9.17, 15) is 4.79 Å². The van der Waals surface area contributed by atoms with E-state index in [4.69, 9.17) is 14.6 Å². The van der Waals surface area contributed by atoms with Crippen molar-refractivity contribution in [2.24, 2.45) is 0 Å². The molecule has 1 aromatic rings. The second-order valence-corrected chi connectivity index (χ2v) is 5.06. The van der Waals surface area contributed by atoms with Gasteiger partial charge in [-0.05, 0) is 25.5 Å². The zero-order valence-electron chi connectivity index (χ0n) is 11.4. The SMILES string of the molecule is COc1ccc(CC(OC(C)C)C(=O)O)cc1CBr. The minimum atomic E-state index is -0.940. The average molecular weight is 331 g/mol. The minimum absolute atomic E-state index is 0.116. The maximum Gasteiger partial charge on any atom is 0.333 e. The van der Waals surface area contributed by atoms with E-state index < -0.39 is 12.1 Å². The van der Waals surface area contributed by atoms with E-state index in [1.807, 2.05) is 32.0 Å². The third-order valence-corrected chi connectivity index (χ3v) is 3.23. The van der Waals surface area contributed by atoms with Gasteiger partial charge in [0, 0.05) is 17.3 Å². The van der Waals surface area contributed by atoms with Gasteiger partial charge in [-0.2, -0.15) is 0 Å². The summed E-state index contributed by atoms with van der Waals surface area (Å²) in [7, 11) is 1.61. The Labute approximate surface area is 121 Å². The highest BCUT2D eigenvalue weighted by Gasteiger charge is 2.20. The molecule has 19 heavy (non-hydrogen) atoms. The number of rotatable bonds is 7. The Morgan fingerprint density at radius 2 is 2.11 bits per heavy atom. The Kier molecular flexibility index (Phi) is 6.31. The Morgan fingerprint density at radius 1 is 1.42 bits per heavy atom. The van der Waals surface area contributed by atoms with Crippen LogP contribution in [-0.2, 0) is 21.3 Å². The van der Waals surface area contributed by atoms with Crippen LogP contribution in [-0.4, -0.2) is 30.4 Å². The number of aliphatic carboxylic acids is 1. The monoisotopic (exact) mass is 330 g/mol. The van der Waals surface area contributed by atoms with Crippen LogP contribution >= 0.6 is 15.9 Å². The van der Waals surface area contributed by atoms with Crippen LogP contribution < -0.4 is 4.74 Å². The van der Waals surface area contributed by atoms with E-state index in [-0.39, 0.29) is 6.10 Å². The maximum atomic E-state index is 11.2. The molecular weight excluding hydrogens is 312 g/mol. The second kappa shape index (κ2) is 7.50. The number of halogens is 1. The zero-order chi connectivity index (χ0) is 14.4. The number of ether oxygens (including phenoxy) is 2. The molecule has 1 atom stereocenters. The van der Waals surface area contributed by atoms with E-state index in [1.165, 1.54) is 0 Å². The van der Waals surface area contributed by atoms with Gasteiger partial charge < -0.3 is 14.6 Å². The van der Waals surface area contributed by atoms with Crippen LogP contribution in [0.25, 0.3) is 0 Å². The predicted molar refractivity (Wildman–Crippen MR) is 77.0 cm³/mol. The van der Waals surface area contributed by atoms with Gasteiger partial charge >= 0.3 is 5.97 Å². The van der Waals surface area contributed by atoms with Gasteiger partial charge in [0.2, 0.25) is 0 Å². The van der Waals surface area contributed by atoms with E-state index in [0.717, 1.165) is 16.9 Å². The highest BCUT2D eigenvalue weighted by molar-refractivity contribution is 9.08. The normalized spacial score (nSPS) is 12.5. The van der Waals surface area contributed by atoms with Gasteiger partial charge in [-0.3, -0.25) is 0 Å². The molecule has 1 unspecified atom stereocenters. The summed E-state index contributed by atoms with van der Waals surface area (Å²) >= 11 is 3.39. The smallest absolute Gasteiger partial charge is 0.333 e. The van der Waals surface area contributed by atoms with Crippen LogP contribution in [0.15, 0.2) is 18.2 Å². The van der Waals surface area contributed by atoms with Crippen molar-refractivity contribution in [1.82, 2.24) is 0 Å². The van der Waals surface area contributed by atoms with Crippen molar-refractivity contribution in [3.05, 3.63) is 29.3 Å². The van der Waals surface area contributed by atoms with Crippen LogP contribution in [0.2, 0.25) is 0 Å². The Balaban J connectivity index is 2.87. The van der Waals surface area contributed by atoms with E-state index in [2.05, 4.69) is 15.9 Å². The van der Waals surface area contributed by atoms with Gasteiger partial charge in [-0.25, -0.2) is 4.79 Å². The fraction of sp³-hybridized carbons (Fsp3) is 0.500. The van der Waals surface area contributed by atoms with Crippen molar-refractivity contribution < 1.29 is 19.4 Å². The third-order valence-electron chi connectivity index (χ3n) is 2.62. The third kappa shape index (κ3) is 4.84. The molecule has 0 aliphatic rings. The van der Waals surface area contributed by atoms with Crippen LogP contribution in [0, 0.1) is 0 Å². The minimum Gasteiger partial charge on any atom is -0.496 e. The molecule has 0 spiro atoms. The lowest BCUT2D eigenvalue weighted by molar-refractivity contribution is -0.153. The number of benzene rings is 1. The first-order valence-electron chi connectivity index (χ1n) is 6.08. The zero-order valence-corrected chi connectivity index (χ0v) is 12.9. The summed E-state index contributed by atoms with van der Waals surface area (Å²) in [6, 6.07) is 5.65. The lowest BCUT2D eigenvalue weighted by Gasteiger charge is -2.17. The molecule has 0 saturated carbocycles. The van der Waals surface area contributed by atoms with Crippen molar-refractivity contribution in [2.45, 2.75) is 37.8 Å². The van der Waals surface area contributed by atoms with Crippen LogP contribution in [0.3, 0.4) is 0 Å². The lowest BCUT2D eigenvalue weighted by Crippen LogP contribution is -2.29. The number of alkyl halides is 1. The molecular formula is C14H19BrO4. The molecule has 0 fully saturated rings. The Morgan fingerprint density at radius 3 is 2.58 bits per heavy atom. The first-order valence-corrected chi connectivity index (χ1v) is 7.20. The number of methoxy groups -OCH3 is 1. The molecule has 1 rings (SSSR count). The summed E-state index contributed by atoms with van der Waals surface area (Å²) < 4.78 is 10.6. The molecule has 0 radical (unpaired) electrons. The predicted octanol–water partition coefficient (Wildman–Crippen LogP) is 3.01. The van der Waals surface area contributed by atoms with E-state index in [0.29, 0.717) is 11.8 Å². The molecule has 0 heterocycles. The largest absolute Gasteiger partial charge is 0.496 e. The summed E-state index contributed by atoms with van der Waals surface area (Å²) in [6.07, 6.45) is -0.594. The van der Waals surface area contributed by atoms with E-state index >= 15 is 0 Å². The number of carboxylic acid groups (broad SMARTS) is 1. The Hall–Kier alpha value is -1.07. The van der Waals surface area contributed by atoms with Crippen molar-refractivity contribution in [1.29, 1.82) is 0 Å². The number of carboxylic acids is 1. The molecule has 0 aromatic heterocycles. The molecule has 0 saturated heterocycles. The maximum absolute atomic E-state index is 11.2. The van der Waals surface area contributed by atoms with Gasteiger partial charge in [0.15, 0.2) is 6.10 Å². The Bertz CT molecular complexity index is 431. The van der Waals surface area contributed by atoms with Gasteiger partial charge in [0.05, 0.1) is 13.2 Å². The summed E-state index contributed by atoms with van der Waals surface area (Å²) in [5.74, 6) is -0.151. The molecule has 0 amide bonds. The standard InChI is InChI=1S/C14H19BrO4/c1-9(2)19-13(14(16)17)7-10-4-5-12(18-3)11(6-10)8-15/h4-6,9,13H,7-8H2,1-3H3,(H,16,17). The fourth-order valence-electron chi connectivity index (χ4n) is 1.80. The molecule has 4 nitrogen and oxygen atoms in total. The highest BCUT2D eigenvalue weighted by Crippen LogP contribution is 2.23. The summed E-state index contributed by atoms with van der Waals surface area (Å²) in [5.41, 5.74) is 1.91. The van der Waals surface area contributed by atoms with Crippen LogP contribution in [0.5, 0.6) is 5.75 Å². The first kappa shape index (κ1) is 16.0. The molecule has 106 valence electrons.